The Hall–Kier alpha value is -5.26. The van der Waals surface area contributed by atoms with Crippen LogP contribution in [0.5, 0.6) is 0 Å². The summed E-state index contributed by atoms with van der Waals surface area (Å²) >= 11 is 6.38. The highest BCUT2D eigenvalue weighted by atomic mass is 35.5. The quantitative estimate of drug-likeness (QED) is 0.255. The molecule has 3 aromatic rings. The lowest BCUT2D eigenvalue weighted by Crippen LogP contribution is -2.60. The number of hydrogen-bond acceptors (Lipinski definition) is 11. The number of hydrogen-bond donors (Lipinski definition) is 2. The van der Waals surface area contributed by atoms with Gasteiger partial charge in [0.2, 0.25) is 23.5 Å². The molecular formula is C41H45ClN10O4. The summed E-state index contributed by atoms with van der Waals surface area (Å²) in [6.45, 7) is 16.1. The molecule has 6 aliphatic heterocycles. The van der Waals surface area contributed by atoms with Crippen molar-refractivity contribution < 1.29 is 19.2 Å². The van der Waals surface area contributed by atoms with Gasteiger partial charge in [-0.05, 0) is 81.2 Å². The van der Waals surface area contributed by atoms with Crippen LogP contribution in [0, 0.1) is 12.0 Å². The minimum absolute atomic E-state index is 0.0936. The summed E-state index contributed by atoms with van der Waals surface area (Å²) in [5.74, 6) is -1.21. The van der Waals surface area contributed by atoms with E-state index in [4.69, 9.17) is 28.1 Å². The summed E-state index contributed by atoms with van der Waals surface area (Å²) in [6.07, 6.45) is 9.64. The zero-order valence-electron chi connectivity index (χ0n) is 31.4. The first-order chi connectivity index (χ1) is 27.1. The van der Waals surface area contributed by atoms with Crippen LogP contribution in [0.4, 0.5) is 28.7 Å². The second kappa shape index (κ2) is 14.4. The summed E-state index contributed by atoms with van der Waals surface area (Å²) in [7, 11) is 0. The summed E-state index contributed by atoms with van der Waals surface area (Å²) in [5, 5.41) is 6.28. The van der Waals surface area contributed by atoms with Crippen LogP contribution in [-0.4, -0.2) is 113 Å². The van der Waals surface area contributed by atoms with E-state index in [-0.39, 0.29) is 35.4 Å². The summed E-state index contributed by atoms with van der Waals surface area (Å²) in [5.41, 5.74) is 4.28. The number of fused-ring (bicyclic) bond motifs is 1. The van der Waals surface area contributed by atoms with Crippen molar-refractivity contribution in [2.45, 2.75) is 76.0 Å². The van der Waals surface area contributed by atoms with Crippen molar-refractivity contribution in [2.24, 2.45) is 5.41 Å². The van der Waals surface area contributed by atoms with Gasteiger partial charge in [-0.2, -0.15) is 0 Å². The van der Waals surface area contributed by atoms with Crippen LogP contribution >= 0.6 is 11.6 Å². The number of halogens is 1. The zero-order valence-corrected chi connectivity index (χ0v) is 32.2. The van der Waals surface area contributed by atoms with Gasteiger partial charge in [0.1, 0.15) is 6.04 Å². The second-order valence-corrected chi connectivity index (χ2v) is 16.8. The fraction of sp³-hybridized carbons (Fsp3) is 0.488. The number of rotatable bonds is 7. The molecule has 7 heterocycles. The molecule has 1 spiro atoms. The number of benzene rings is 2. The molecular weight excluding hydrogens is 732 g/mol. The largest absolute Gasteiger partial charge is 0.380 e. The topological polar surface area (TPSA) is 139 Å². The highest BCUT2D eigenvalue weighted by Gasteiger charge is 2.46. The molecule has 9 rings (SSSR count). The molecule has 5 saturated heterocycles. The van der Waals surface area contributed by atoms with E-state index in [9.17, 15) is 19.2 Å². The third-order valence-corrected chi connectivity index (χ3v) is 13.3. The number of piperidine rings is 3. The van der Waals surface area contributed by atoms with Crippen LogP contribution < -0.4 is 25.3 Å². The molecule has 2 atom stereocenters. The van der Waals surface area contributed by atoms with Gasteiger partial charge in [0.05, 0.1) is 41.8 Å². The average Bonchev–Trinajstić information content (AvgIpc) is 3.64. The zero-order chi connectivity index (χ0) is 38.7. The van der Waals surface area contributed by atoms with Crippen molar-refractivity contribution in [2.75, 3.05) is 65.8 Å². The lowest BCUT2D eigenvalue weighted by molar-refractivity contribution is -0.136. The van der Waals surface area contributed by atoms with Crippen molar-refractivity contribution in [3.63, 3.8) is 0 Å². The summed E-state index contributed by atoms with van der Waals surface area (Å²) in [6, 6.07) is 11.1. The number of anilines is 4. The Morgan fingerprint density at radius 1 is 0.893 bits per heavy atom. The van der Waals surface area contributed by atoms with E-state index >= 15 is 0 Å². The number of nitrogens with one attached hydrogen (secondary N) is 2. The molecule has 2 N–H and O–H groups in total. The molecule has 290 valence electrons. The third-order valence-electron chi connectivity index (χ3n) is 12.9. The van der Waals surface area contributed by atoms with E-state index in [0.717, 1.165) is 106 Å². The van der Waals surface area contributed by atoms with E-state index < -0.39 is 29.7 Å². The number of aromatic nitrogens is 2. The van der Waals surface area contributed by atoms with E-state index in [2.05, 4.69) is 42.0 Å². The SMILES string of the molecule is [C-]#[N+]c1ccc(N2CC3(CCN(c4cnc(N5CCC(N6CC(Nc7ccc8c(c7)C(=O)N(C7CCC(=O)NC7=O)C8=O)C6)CC5)nc4)CC3)C[C@@H]2C)cc1Cl. The number of amides is 4. The number of nitrogens with zero attached hydrogens (tertiary/aromatic N) is 8. The first-order valence-electron chi connectivity index (χ1n) is 19.7. The van der Waals surface area contributed by atoms with Crippen molar-refractivity contribution in [3.05, 3.63) is 76.4 Å². The molecule has 15 heteroatoms. The number of imide groups is 2. The van der Waals surface area contributed by atoms with Gasteiger partial charge in [-0.15, -0.1) is 0 Å². The van der Waals surface area contributed by atoms with Gasteiger partial charge in [-0.1, -0.05) is 17.7 Å². The van der Waals surface area contributed by atoms with Crippen LogP contribution in [0.15, 0.2) is 48.8 Å². The fourth-order valence-electron chi connectivity index (χ4n) is 9.80. The van der Waals surface area contributed by atoms with E-state index in [1.54, 1.807) is 12.1 Å². The number of carbonyl (C=O) groups is 4. The molecule has 6 aliphatic rings. The van der Waals surface area contributed by atoms with Gasteiger partial charge in [0, 0.05) is 80.7 Å². The van der Waals surface area contributed by atoms with Crippen molar-refractivity contribution in [1.29, 1.82) is 0 Å². The van der Waals surface area contributed by atoms with Crippen LogP contribution in [0.3, 0.4) is 0 Å². The highest BCUT2D eigenvalue weighted by molar-refractivity contribution is 6.33. The number of carbonyl (C=O) groups excluding carboxylic acids is 4. The molecule has 1 aromatic heterocycles. The molecule has 2 aromatic carbocycles. The Balaban J connectivity index is 0.726. The predicted octanol–water partition coefficient (Wildman–Crippen LogP) is 4.73. The van der Waals surface area contributed by atoms with Crippen molar-refractivity contribution in [3.8, 4) is 0 Å². The Morgan fingerprint density at radius 2 is 1.62 bits per heavy atom. The lowest BCUT2D eigenvalue weighted by Gasteiger charge is -2.47. The first kappa shape index (κ1) is 36.4. The fourth-order valence-corrected chi connectivity index (χ4v) is 10.0. The maximum absolute atomic E-state index is 13.2. The van der Waals surface area contributed by atoms with Gasteiger partial charge >= 0.3 is 0 Å². The Labute approximate surface area is 331 Å². The van der Waals surface area contributed by atoms with Gasteiger partial charge in [0.15, 0.2) is 0 Å². The molecule has 1 unspecified atom stereocenters. The maximum Gasteiger partial charge on any atom is 0.262 e. The van der Waals surface area contributed by atoms with Crippen molar-refractivity contribution in [1.82, 2.24) is 25.1 Å². The lowest BCUT2D eigenvalue weighted by atomic mass is 9.76. The van der Waals surface area contributed by atoms with Crippen LogP contribution in [-0.2, 0) is 9.59 Å². The highest BCUT2D eigenvalue weighted by Crippen LogP contribution is 2.46. The molecule has 4 amide bonds. The molecule has 56 heavy (non-hydrogen) atoms. The summed E-state index contributed by atoms with van der Waals surface area (Å²) in [4.78, 5) is 74.1. The molecule has 0 bridgehead atoms. The van der Waals surface area contributed by atoms with Gasteiger partial charge in [0.25, 0.3) is 11.8 Å². The molecule has 0 radical (unpaired) electrons. The molecule has 0 aliphatic carbocycles. The van der Waals surface area contributed by atoms with Gasteiger partial charge in [-0.3, -0.25) is 34.3 Å². The van der Waals surface area contributed by atoms with Crippen LogP contribution in [0.1, 0.15) is 72.6 Å². The van der Waals surface area contributed by atoms with Gasteiger partial charge < -0.3 is 20.0 Å². The molecule has 0 saturated carbocycles. The standard InChI is InChI=1S/C41H45ClN10O4/c1-25-19-41(24-51(25)29-4-6-34(43-2)33(42)18-29)11-15-48(16-12-41)30-20-44-40(45-21-30)49-13-9-28(10-14-49)50-22-27(23-50)46-26-3-5-31-32(17-26)39(56)52(38(31)55)35-7-8-36(53)47-37(35)54/h3-6,17-18,20-21,25,27-28,35,46H,7-16,19,22-24H2,1H3,(H,47,53,54)/t25-,35?/m0/s1. The smallest absolute Gasteiger partial charge is 0.262 e. The van der Waals surface area contributed by atoms with E-state index in [0.29, 0.717) is 22.8 Å². The average molecular weight is 777 g/mol. The molecule has 5 fully saturated rings. The Bertz CT molecular complexity index is 2120. The Kier molecular flexibility index (Phi) is 9.32. The van der Waals surface area contributed by atoms with Gasteiger partial charge in [-0.25, -0.2) is 14.8 Å². The Morgan fingerprint density at radius 3 is 2.32 bits per heavy atom. The molecule has 14 nitrogen and oxygen atoms in total. The van der Waals surface area contributed by atoms with E-state index in [1.165, 1.54) is 0 Å². The minimum Gasteiger partial charge on any atom is -0.380 e. The minimum atomic E-state index is -0.971. The van der Waals surface area contributed by atoms with Crippen molar-refractivity contribution >= 4 is 63.9 Å². The maximum atomic E-state index is 13.2. The monoisotopic (exact) mass is 776 g/mol. The second-order valence-electron chi connectivity index (χ2n) is 16.4. The summed E-state index contributed by atoms with van der Waals surface area (Å²) < 4.78 is 0. The van der Waals surface area contributed by atoms with Crippen LogP contribution in [0.2, 0.25) is 5.02 Å². The number of likely N-dealkylation sites (tertiary alicyclic amines) is 1. The third kappa shape index (κ3) is 6.60. The predicted molar refractivity (Wildman–Crippen MR) is 212 cm³/mol. The van der Waals surface area contributed by atoms with Crippen LogP contribution in [0.25, 0.3) is 4.85 Å². The first-order valence-corrected chi connectivity index (χ1v) is 20.1. The van der Waals surface area contributed by atoms with E-state index in [1.807, 2.05) is 36.7 Å². The normalized spacial score (nSPS) is 24.4.